The zero-order valence-electron chi connectivity index (χ0n) is 15.1. The Balaban J connectivity index is 1.54. The van der Waals surface area contributed by atoms with E-state index >= 15 is 0 Å². The van der Waals surface area contributed by atoms with Crippen molar-refractivity contribution in [2.24, 2.45) is 5.92 Å². The molecule has 5 nitrogen and oxygen atoms in total. The van der Waals surface area contributed by atoms with E-state index in [0.29, 0.717) is 17.7 Å². The molecule has 1 saturated carbocycles. The third-order valence-electron chi connectivity index (χ3n) is 4.83. The minimum atomic E-state index is -0.948. The number of benzene rings is 2. The van der Waals surface area contributed by atoms with Crippen molar-refractivity contribution in [3.05, 3.63) is 77.1 Å². The molecule has 144 valence electrons. The molecule has 0 aliphatic heterocycles. The lowest BCUT2D eigenvalue weighted by Crippen LogP contribution is -2.07. The highest BCUT2D eigenvalue weighted by Gasteiger charge is 2.44. The van der Waals surface area contributed by atoms with Gasteiger partial charge < -0.3 is 9.84 Å². The zero-order chi connectivity index (χ0) is 19.8. The van der Waals surface area contributed by atoms with Gasteiger partial charge in [0.15, 0.2) is 17.4 Å². The Kier molecular flexibility index (Phi) is 4.58. The van der Waals surface area contributed by atoms with Crippen LogP contribution in [0.1, 0.15) is 29.3 Å². The molecule has 0 radical (unpaired) electrons. The highest BCUT2D eigenvalue weighted by atomic mass is 19.1. The van der Waals surface area contributed by atoms with E-state index in [0.717, 1.165) is 23.5 Å². The van der Waals surface area contributed by atoms with Crippen LogP contribution in [-0.4, -0.2) is 20.9 Å². The maximum Gasteiger partial charge on any atom is 0.307 e. The predicted octanol–water partition coefficient (Wildman–Crippen LogP) is 4.23. The third kappa shape index (κ3) is 3.47. The number of para-hydroxylation sites is 1. The summed E-state index contributed by atoms with van der Waals surface area (Å²) in [6.45, 7) is 1.76. The highest BCUT2D eigenvalue weighted by Crippen LogP contribution is 2.48. The van der Waals surface area contributed by atoms with E-state index in [9.17, 15) is 13.6 Å². The summed E-state index contributed by atoms with van der Waals surface area (Å²) in [6, 6.07) is 13.5. The number of hydrogen-bond acceptors (Lipinski definition) is 3. The molecular formula is C21H18F2N2O3. The second-order valence-corrected chi connectivity index (χ2v) is 6.91. The maximum absolute atomic E-state index is 14.4. The molecule has 0 amide bonds. The highest BCUT2D eigenvalue weighted by molar-refractivity contribution is 5.75. The Hall–Kier alpha value is -3.22. The van der Waals surface area contributed by atoms with Crippen LogP contribution in [0.4, 0.5) is 8.78 Å². The monoisotopic (exact) mass is 384 g/mol. The number of aryl methyl sites for hydroxylation is 1. The fourth-order valence-electron chi connectivity index (χ4n) is 3.36. The standard InChI is InChI=1S/C21H18F2N2O3/c1-12-7-15(25(24-12)14-5-3-2-4-6-14)11-28-20-18(22)8-13(9-19(20)23)16-10-17(16)21(26)27/h2-9,16-17H,10-11H2,1H3,(H,26,27). The minimum absolute atomic E-state index is 0.0654. The molecule has 28 heavy (non-hydrogen) atoms. The molecule has 1 heterocycles. The summed E-state index contributed by atoms with van der Waals surface area (Å²) in [7, 11) is 0. The molecule has 0 bridgehead atoms. The Bertz CT molecular complexity index is 1010. The van der Waals surface area contributed by atoms with Gasteiger partial charge in [-0.05, 0) is 55.2 Å². The predicted molar refractivity (Wildman–Crippen MR) is 97.5 cm³/mol. The number of nitrogens with zero attached hydrogens (tertiary/aromatic N) is 2. The van der Waals surface area contributed by atoms with Crippen LogP contribution in [0.3, 0.4) is 0 Å². The van der Waals surface area contributed by atoms with Crippen LogP contribution in [0.5, 0.6) is 5.75 Å². The van der Waals surface area contributed by atoms with Crippen LogP contribution >= 0.6 is 0 Å². The van der Waals surface area contributed by atoms with Crippen LogP contribution in [0.2, 0.25) is 0 Å². The van der Waals surface area contributed by atoms with Gasteiger partial charge in [-0.25, -0.2) is 13.5 Å². The molecule has 4 rings (SSSR count). The van der Waals surface area contributed by atoms with Crippen molar-refractivity contribution < 1.29 is 23.4 Å². The summed E-state index contributed by atoms with van der Waals surface area (Å²) in [5, 5.41) is 13.4. The Labute approximate surface area is 160 Å². The fourth-order valence-corrected chi connectivity index (χ4v) is 3.36. The average molecular weight is 384 g/mol. The van der Waals surface area contributed by atoms with Gasteiger partial charge in [0, 0.05) is 0 Å². The molecule has 1 aliphatic carbocycles. The number of rotatable bonds is 6. The smallest absolute Gasteiger partial charge is 0.307 e. The van der Waals surface area contributed by atoms with Crippen molar-refractivity contribution in [2.75, 3.05) is 0 Å². The minimum Gasteiger partial charge on any atom is -0.481 e. The Morgan fingerprint density at radius 1 is 1.21 bits per heavy atom. The van der Waals surface area contributed by atoms with Crippen LogP contribution in [-0.2, 0) is 11.4 Å². The third-order valence-corrected chi connectivity index (χ3v) is 4.83. The summed E-state index contributed by atoms with van der Waals surface area (Å²) < 4.78 is 35.9. The summed E-state index contributed by atoms with van der Waals surface area (Å²) in [4.78, 5) is 11.0. The molecule has 0 saturated heterocycles. The van der Waals surface area contributed by atoms with Crippen molar-refractivity contribution in [3.8, 4) is 11.4 Å². The number of hydrogen-bond donors (Lipinski definition) is 1. The van der Waals surface area contributed by atoms with E-state index in [4.69, 9.17) is 9.84 Å². The second-order valence-electron chi connectivity index (χ2n) is 6.91. The first-order valence-electron chi connectivity index (χ1n) is 8.89. The number of carboxylic acids is 1. The molecular weight excluding hydrogens is 366 g/mol. The SMILES string of the molecule is Cc1cc(COc2c(F)cc(C3CC3C(=O)O)cc2F)n(-c2ccccc2)n1. The molecule has 2 atom stereocenters. The van der Waals surface area contributed by atoms with Gasteiger partial charge in [-0.15, -0.1) is 0 Å². The average Bonchev–Trinajstić information content (AvgIpc) is 3.39. The van der Waals surface area contributed by atoms with E-state index in [1.165, 1.54) is 0 Å². The van der Waals surface area contributed by atoms with Crippen molar-refractivity contribution in [1.29, 1.82) is 0 Å². The molecule has 2 aromatic carbocycles. The van der Waals surface area contributed by atoms with Gasteiger partial charge in [0.1, 0.15) is 6.61 Å². The summed E-state index contributed by atoms with van der Waals surface area (Å²) in [5.41, 5.74) is 2.57. The molecule has 3 aromatic rings. The number of carboxylic acid groups (broad SMARTS) is 1. The van der Waals surface area contributed by atoms with Crippen molar-refractivity contribution in [1.82, 2.24) is 9.78 Å². The summed E-state index contributed by atoms with van der Waals surface area (Å²) >= 11 is 0. The summed E-state index contributed by atoms with van der Waals surface area (Å²) in [6.07, 6.45) is 0.393. The zero-order valence-corrected chi connectivity index (χ0v) is 15.1. The number of aromatic nitrogens is 2. The van der Waals surface area contributed by atoms with Gasteiger partial charge in [-0.1, -0.05) is 18.2 Å². The largest absolute Gasteiger partial charge is 0.481 e. The topological polar surface area (TPSA) is 64.3 Å². The van der Waals surface area contributed by atoms with E-state index in [1.54, 1.807) is 10.7 Å². The molecule has 0 spiro atoms. The first-order valence-corrected chi connectivity index (χ1v) is 8.89. The van der Waals surface area contributed by atoms with Crippen molar-refractivity contribution in [2.45, 2.75) is 25.9 Å². The number of aliphatic carboxylic acids is 1. The lowest BCUT2D eigenvalue weighted by atomic mass is 10.1. The molecule has 1 N–H and O–H groups in total. The van der Waals surface area contributed by atoms with Crippen molar-refractivity contribution in [3.63, 3.8) is 0 Å². The Morgan fingerprint density at radius 3 is 2.50 bits per heavy atom. The van der Waals surface area contributed by atoms with Crippen LogP contribution in [0, 0.1) is 24.5 Å². The normalized spacial score (nSPS) is 18.1. The lowest BCUT2D eigenvalue weighted by Gasteiger charge is -2.12. The first-order chi connectivity index (χ1) is 13.4. The molecule has 7 heteroatoms. The lowest BCUT2D eigenvalue weighted by molar-refractivity contribution is -0.138. The number of halogens is 2. The fraction of sp³-hybridized carbons (Fsp3) is 0.238. The molecule has 1 fully saturated rings. The number of ether oxygens (including phenoxy) is 1. The van der Waals surface area contributed by atoms with Gasteiger partial charge in [0.25, 0.3) is 0 Å². The number of carbonyl (C=O) groups is 1. The molecule has 1 aromatic heterocycles. The molecule has 1 aliphatic rings. The summed E-state index contributed by atoms with van der Waals surface area (Å²) in [5.74, 6) is -4.03. The van der Waals surface area contributed by atoms with E-state index in [-0.39, 0.29) is 12.5 Å². The molecule has 2 unspecified atom stereocenters. The van der Waals surface area contributed by atoms with Crippen LogP contribution in [0.15, 0.2) is 48.5 Å². The van der Waals surface area contributed by atoms with Gasteiger partial charge >= 0.3 is 5.97 Å². The van der Waals surface area contributed by atoms with Crippen LogP contribution < -0.4 is 4.74 Å². The quantitative estimate of drug-likeness (QED) is 0.691. The van der Waals surface area contributed by atoms with E-state index in [1.807, 2.05) is 37.3 Å². The van der Waals surface area contributed by atoms with Gasteiger partial charge in [-0.2, -0.15) is 5.10 Å². The van der Waals surface area contributed by atoms with Crippen molar-refractivity contribution >= 4 is 5.97 Å². The van der Waals surface area contributed by atoms with Gasteiger partial charge in [0.05, 0.1) is 23.0 Å². The van der Waals surface area contributed by atoms with Crippen LogP contribution in [0.25, 0.3) is 5.69 Å². The van der Waals surface area contributed by atoms with Gasteiger partial charge in [-0.3, -0.25) is 4.79 Å². The van der Waals surface area contributed by atoms with E-state index < -0.39 is 29.3 Å². The second kappa shape index (κ2) is 7.07. The van der Waals surface area contributed by atoms with Gasteiger partial charge in [0.2, 0.25) is 0 Å². The Morgan fingerprint density at radius 2 is 1.89 bits per heavy atom. The maximum atomic E-state index is 14.4. The first kappa shape index (κ1) is 18.2. The van der Waals surface area contributed by atoms with E-state index in [2.05, 4.69) is 5.10 Å².